The molecule has 1 aliphatic rings. The standard InChI is InChI=1S/C24H25Br2N3O2S/c25-20-10-6-18(7-11-20)14-28-23-15-27-16-24(23)29(17-19-8-12-21(26)13-9-19)32(30,31)22-4-2-1-3-5-22/h1-13,23-24,27-28H,14-17H2/t23-,24-/m0/s1. The molecule has 1 aliphatic heterocycles. The Morgan fingerprint density at radius 3 is 2.06 bits per heavy atom. The summed E-state index contributed by atoms with van der Waals surface area (Å²) in [5.41, 5.74) is 2.11. The molecule has 3 aromatic rings. The van der Waals surface area contributed by atoms with E-state index in [9.17, 15) is 8.42 Å². The van der Waals surface area contributed by atoms with Crippen molar-refractivity contribution in [1.29, 1.82) is 0 Å². The van der Waals surface area contributed by atoms with Gasteiger partial charge in [0.15, 0.2) is 0 Å². The molecule has 0 unspecified atom stereocenters. The van der Waals surface area contributed by atoms with E-state index in [-0.39, 0.29) is 12.1 Å². The smallest absolute Gasteiger partial charge is 0.243 e. The summed E-state index contributed by atoms with van der Waals surface area (Å²) in [5, 5.41) is 6.96. The van der Waals surface area contributed by atoms with Crippen molar-refractivity contribution in [2.45, 2.75) is 30.1 Å². The summed E-state index contributed by atoms with van der Waals surface area (Å²) >= 11 is 6.92. The van der Waals surface area contributed by atoms with E-state index in [1.807, 2.05) is 42.5 Å². The molecule has 1 saturated heterocycles. The Morgan fingerprint density at radius 1 is 0.844 bits per heavy atom. The summed E-state index contributed by atoms with van der Waals surface area (Å²) in [6, 6.07) is 24.4. The van der Waals surface area contributed by atoms with Crippen molar-refractivity contribution in [2.24, 2.45) is 0 Å². The number of benzene rings is 3. The predicted molar refractivity (Wildman–Crippen MR) is 135 cm³/mol. The molecule has 0 saturated carbocycles. The molecule has 32 heavy (non-hydrogen) atoms. The molecule has 0 bridgehead atoms. The molecule has 4 rings (SSSR count). The van der Waals surface area contributed by atoms with Crippen LogP contribution >= 0.6 is 31.9 Å². The first-order valence-electron chi connectivity index (χ1n) is 10.4. The lowest BCUT2D eigenvalue weighted by Gasteiger charge is -2.32. The van der Waals surface area contributed by atoms with Gasteiger partial charge in [0.05, 0.1) is 10.9 Å². The molecule has 1 fully saturated rings. The number of nitrogens with zero attached hydrogens (tertiary/aromatic N) is 1. The average molecular weight is 579 g/mol. The lowest BCUT2D eigenvalue weighted by Crippen LogP contribution is -2.51. The van der Waals surface area contributed by atoms with Crippen LogP contribution in [0.3, 0.4) is 0 Å². The van der Waals surface area contributed by atoms with Gasteiger partial charge >= 0.3 is 0 Å². The van der Waals surface area contributed by atoms with Gasteiger partial charge in [-0.2, -0.15) is 4.31 Å². The second-order valence-corrected chi connectivity index (χ2v) is 11.6. The highest BCUT2D eigenvalue weighted by Gasteiger charge is 2.39. The number of sulfonamides is 1. The van der Waals surface area contributed by atoms with Gasteiger partial charge in [0.25, 0.3) is 0 Å². The van der Waals surface area contributed by atoms with E-state index in [0.29, 0.717) is 31.1 Å². The Hall–Kier alpha value is -1.55. The normalized spacial score (nSPS) is 18.8. The number of rotatable bonds is 8. The van der Waals surface area contributed by atoms with Gasteiger partial charge in [0.1, 0.15) is 0 Å². The Balaban J connectivity index is 1.60. The zero-order chi connectivity index (χ0) is 22.6. The fourth-order valence-electron chi connectivity index (χ4n) is 3.91. The van der Waals surface area contributed by atoms with Crippen molar-refractivity contribution in [3.8, 4) is 0 Å². The van der Waals surface area contributed by atoms with Crippen LogP contribution < -0.4 is 10.6 Å². The molecule has 1 heterocycles. The fourth-order valence-corrected chi connectivity index (χ4v) is 6.10. The van der Waals surface area contributed by atoms with Crippen molar-refractivity contribution in [3.05, 3.63) is 98.9 Å². The summed E-state index contributed by atoms with van der Waals surface area (Å²) in [7, 11) is -3.68. The highest BCUT2D eigenvalue weighted by Crippen LogP contribution is 2.25. The summed E-state index contributed by atoms with van der Waals surface area (Å²) in [5.74, 6) is 0. The van der Waals surface area contributed by atoms with Crippen LogP contribution in [0, 0.1) is 0 Å². The molecule has 0 amide bonds. The molecule has 2 N–H and O–H groups in total. The Bertz CT molecular complexity index is 1120. The third kappa shape index (κ3) is 5.68. The van der Waals surface area contributed by atoms with Gasteiger partial charge in [-0.3, -0.25) is 0 Å². The monoisotopic (exact) mass is 577 g/mol. The lowest BCUT2D eigenvalue weighted by molar-refractivity contribution is 0.285. The van der Waals surface area contributed by atoms with E-state index in [2.05, 4.69) is 54.6 Å². The van der Waals surface area contributed by atoms with Gasteiger partial charge in [-0.25, -0.2) is 8.42 Å². The zero-order valence-electron chi connectivity index (χ0n) is 17.4. The Labute approximate surface area is 206 Å². The molecule has 168 valence electrons. The van der Waals surface area contributed by atoms with E-state index in [1.165, 1.54) is 0 Å². The first-order chi connectivity index (χ1) is 15.4. The number of halogens is 2. The predicted octanol–water partition coefficient (Wildman–Crippen LogP) is 4.53. The summed E-state index contributed by atoms with van der Waals surface area (Å²) in [4.78, 5) is 0.315. The number of nitrogens with one attached hydrogen (secondary N) is 2. The molecular weight excluding hydrogens is 554 g/mol. The van der Waals surface area contributed by atoms with Gasteiger partial charge in [0.2, 0.25) is 10.0 Å². The molecule has 2 atom stereocenters. The van der Waals surface area contributed by atoms with Crippen LogP contribution in [-0.2, 0) is 23.1 Å². The minimum absolute atomic E-state index is 0.00687. The number of hydrogen-bond acceptors (Lipinski definition) is 4. The van der Waals surface area contributed by atoms with Crippen LogP contribution in [-0.4, -0.2) is 37.9 Å². The van der Waals surface area contributed by atoms with Crippen molar-refractivity contribution in [1.82, 2.24) is 14.9 Å². The van der Waals surface area contributed by atoms with Gasteiger partial charge in [-0.15, -0.1) is 0 Å². The highest BCUT2D eigenvalue weighted by atomic mass is 79.9. The maximum absolute atomic E-state index is 13.7. The van der Waals surface area contributed by atoms with Crippen molar-refractivity contribution in [2.75, 3.05) is 13.1 Å². The summed E-state index contributed by atoms with van der Waals surface area (Å²) < 4.78 is 31.1. The largest absolute Gasteiger partial charge is 0.313 e. The molecule has 8 heteroatoms. The first-order valence-corrected chi connectivity index (χ1v) is 13.5. The zero-order valence-corrected chi connectivity index (χ0v) is 21.4. The van der Waals surface area contributed by atoms with Crippen LogP contribution in [0.25, 0.3) is 0 Å². The third-order valence-corrected chi connectivity index (χ3v) is 8.58. The maximum Gasteiger partial charge on any atom is 0.243 e. The molecule has 0 aliphatic carbocycles. The minimum Gasteiger partial charge on any atom is -0.313 e. The maximum atomic E-state index is 13.7. The lowest BCUT2D eigenvalue weighted by atomic mass is 10.1. The first kappa shape index (κ1) is 23.6. The molecule has 0 radical (unpaired) electrons. The fraction of sp³-hybridized carbons (Fsp3) is 0.250. The van der Waals surface area contributed by atoms with Crippen molar-refractivity contribution < 1.29 is 8.42 Å². The van der Waals surface area contributed by atoms with Crippen LogP contribution in [0.15, 0.2) is 92.7 Å². The van der Waals surface area contributed by atoms with Gasteiger partial charge in [-0.05, 0) is 47.5 Å². The molecule has 0 aromatic heterocycles. The van der Waals surface area contributed by atoms with Gasteiger partial charge < -0.3 is 10.6 Å². The van der Waals surface area contributed by atoms with Crippen molar-refractivity contribution >= 4 is 41.9 Å². The number of hydrogen-bond donors (Lipinski definition) is 2. The Kier molecular flexibility index (Phi) is 7.81. The van der Waals surface area contributed by atoms with Crippen LogP contribution in [0.5, 0.6) is 0 Å². The molecule has 5 nitrogen and oxygen atoms in total. The van der Waals surface area contributed by atoms with E-state index in [1.54, 1.807) is 28.6 Å². The van der Waals surface area contributed by atoms with E-state index in [4.69, 9.17) is 0 Å². The van der Waals surface area contributed by atoms with Gasteiger partial charge in [-0.1, -0.05) is 74.3 Å². The topological polar surface area (TPSA) is 61.4 Å². The van der Waals surface area contributed by atoms with Crippen molar-refractivity contribution in [3.63, 3.8) is 0 Å². The Morgan fingerprint density at radius 2 is 1.44 bits per heavy atom. The molecule has 3 aromatic carbocycles. The highest BCUT2D eigenvalue weighted by molar-refractivity contribution is 9.10. The average Bonchev–Trinajstić information content (AvgIpc) is 3.27. The quantitative estimate of drug-likeness (QED) is 0.412. The molecular formula is C24H25Br2N3O2S. The second-order valence-electron chi connectivity index (χ2n) is 7.83. The van der Waals surface area contributed by atoms with Crippen LogP contribution in [0.2, 0.25) is 0 Å². The van der Waals surface area contributed by atoms with E-state index >= 15 is 0 Å². The van der Waals surface area contributed by atoms with E-state index < -0.39 is 10.0 Å². The minimum atomic E-state index is -3.68. The molecule has 0 spiro atoms. The van der Waals surface area contributed by atoms with E-state index in [0.717, 1.165) is 20.1 Å². The van der Waals surface area contributed by atoms with Crippen LogP contribution in [0.4, 0.5) is 0 Å². The van der Waals surface area contributed by atoms with Crippen LogP contribution in [0.1, 0.15) is 11.1 Å². The second kappa shape index (κ2) is 10.6. The SMILES string of the molecule is O=S(=O)(c1ccccc1)N(Cc1ccc(Br)cc1)[C@H]1CNC[C@@H]1NCc1ccc(Br)cc1. The third-order valence-electron chi connectivity index (χ3n) is 5.64. The summed E-state index contributed by atoms with van der Waals surface area (Å²) in [6.07, 6.45) is 0. The van der Waals surface area contributed by atoms with Gasteiger partial charge in [0, 0.05) is 41.2 Å². The summed E-state index contributed by atoms with van der Waals surface area (Å²) in [6.45, 7) is 2.30.